The fourth-order valence-electron chi connectivity index (χ4n) is 10.3. The average Bonchev–Trinajstić information content (AvgIpc) is 3.53. The summed E-state index contributed by atoms with van der Waals surface area (Å²) < 4.78 is 10.7. The van der Waals surface area contributed by atoms with Crippen molar-refractivity contribution in [2.24, 2.45) is 0 Å². The first-order chi connectivity index (χ1) is 38.2. The minimum Gasteiger partial charge on any atom is -0.497 e. The van der Waals surface area contributed by atoms with Gasteiger partial charge < -0.3 is 19.3 Å². The third-order valence-electron chi connectivity index (χ3n) is 14.6. The molecule has 0 aliphatic rings. The van der Waals surface area contributed by atoms with E-state index < -0.39 is 0 Å². The second-order valence-electron chi connectivity index (χ2n) is 20.1. The normalized spacial score (nSPS) is 11.3. The van der Waals surface area contributed by atoms with Crippen LogP contribution in [0.2, 0.25) is 0 Å². The summed E-state index contributed by atoms with van der Waals surface area (Å²) in [5.41, 5.74) is 23.7. The molecule has 386 valence electrons. The maximum absolute atomic E-state index is 5.34. The van der Waals surface area contributed by atoms with Gasteiger partial charge in [0.2, 0.25) is 0 Å². The second kappa shape index (κ2) is 24.7. The summed E-state index contributed by atoms with van der Waals surface area (Å²) >= 11 is 0. The molecular formula is C74H68N2O2. The lowest BCUT2D eigenvalue weighted by Crippen LogP contribution is -2.11. The largest absolute Gasteiger partial charge is 0.497 e. The maximum atomic E-state index is 5.34. The molecule has 0 unspecified atom stereocenters. The van der Waals surface area contributed by atoms with Gasteiger partial charge in [-0.1, -0.05) is 197 Å². The quantitative estimate of drug-likeness (QED) is 0.0754. The first-order valence-corrected chi connectivity index (χ1v) is 27.3. The molecule has 0 N–H and O–H groups in total. The van der Waals surface area contributed by atoms with Crippen LogP contribution >= 0.6 is 0 Å². The number of benzene rings is 10. The van der Waals surface area contributed by atoms with E-state index in [4.69, 9.17) is 9.47 Å². The molecule has 0 bridgehead atoms. The Bertz CT molecular complexity index is 3370. The zero-order valence-corrected chi connectivity index (χ0v) is 45.8. The monoisotopic (exact) mass is 1020 g/mol. The second-order valence-corrected chi connectivity index (χ2v) is 20.1. The Morgan fingerprint density at radius 1 is 0.308 bits per heavy atom. The SMILES string of the molecule is CCCc1ccc(N(c2ccc(/C=C/c3ccc(OC)cc3)cc2)c2ccc(-c3ccc(-c4ccc(-c5ccc(N(c6ccc(/C=C/c7ccc(OC)cc7)cc6)c6ccc(CCC)cc6C)cc5)cc4)cc3)cc2)c(C)c1. The highest BCUT2D eigenvalue weighted by Gasteiger charge is 2.18. The molecule has 0 aromatic heterocycles. The van der Waals surface area contributed by atoms with E-state index in [1.807, 2.05) is 24.3 Å². The molecule has 0 atom stereocenters. The van der Waals surface area contributed by atoms with Crippen LogP contribution in [0.3, 0.4) is 0 Å². The maximum Gasteiger partial charge on any atom is 0.118 e. The molecule has 4 heteroatoms. The van der Waals surface area contributed by atoms with E-state index in [2.05, 4.69) is 268 Å². The zero-order valence-electron chi connectivity index (χ0n) is 45.8. The number of hydrogen-bond donors (Lipinski definition) is 0. The van der Waals surface area contributed by atoms with Gasteiger partial charge in [0.05, 0.1) is 14.2 Å². The molecule has 0 aliphatic heterocycles. The number of ether oxygens (including phenoxy) is 2. The molecule has 10 aromatic rings. The summed E-state index contributed by atoms with van der Waals surface area (Å²) in [4.78, 5) is 4.75. The van der Waals surface area contributed by atoms with Gasteiger partial charge >= 0.3 is 0 Å². The highest BCUT2D eigenvalue weighted by molar-refractivity contribution is 5.84. The van der Waals surface area contributed by atoms with Crippen molar-refractivity contribution < 1.29 is 9.47 Å². The Labute approximate surface area is 462 Å². The summed E-state index contributed by atoms with van der Waals surface area (Å²) in [6.45, 7) is 8.93. The van der Waals surface area contributed by atoms with Crippen LogP contribution in [0.1, 0.15) is 71.2 Å². The van der Waals surface area contributed by atoms with Crippen molar-refractivity contribution in [2.75, 3.05) is 24.0 Å². The Morgan fingerprint density at radius 3 is 0.795 bits per heavy atom. The van der Waals surface area contributed by atoms with Crippen LogP contribution in [0.5, 0.6) is 11.5 Å². The summed E-state index contributed by atoms with van der Waals surface area (Å²) in [7, 11) is 3.39. The Morgan fingerprint density at radius 2 is 0.551 bits per heavy atom. The van der Waals surface area contributed by atoms with E-state index in [9.17, 15) is 0 Å². The van der Waals surface area contributed by atoms with Crippen molar-refractivity contribution in [1.82, 2.24) is 0 Å². The molecular weight excluding hydrogens is 949 g/mol. The zero-order chi connectivity index (χ0) is 53.8. The van der Waals surface area contributed by atoms with Crippen LogP contribution in [0, 0.1) is 13.8 Å². The van der Waals surface area contributed by atoms with E-state index in [0.717, 1.165) is 82.2 Å². The van der Waals surface area contributed by atoms with E-state index in [1.165, 1.54) is 67.0 Å². The number of nitrogens with zero attached hydrogens (tertiary/aromatic N) is 2. The van der Waals surface area contributed by atoms with Gasteiger partial charge in [-0.25, -0.2) is 0 Å². The van der Waals surface area contributed by atoms with Gasteiger partial charge in [-0.3, -0.25) is 0 Å². The van der Waals surface area contributed by atoms with Crippen molar-refractivity contribution in [3.8, 4) is 44.9 Å². The van der Waals surface area contributed by atoms with Crippen molar-refractivity contribution in [2.45, 2.75) is 53.4 Å². The lowest BCUT2D eigenvalue weighted by atomic mass is 9.97. The van der Waals surface area contributed by atoms with Crippen molar-refractivity contribution >= 4 is 58.4 Å². The lowest BCUT2D eigenvalue weighted by Gasteiger charge is -2.28. The number of rotatable bonds is 19. The van der Waals surface area contributed by atoms with Gasteiger partial charge in [-0.2, -0.15) is 0 Å². The van der Waals surface area contributed by atoms with Gasteiger partial charge in [0, 0.05) is 34.1 Å². The molecule has 0 radical (unpaired) electrons. The van der Waals surface area contributed by atoms with Crippen LogP contribution in [-0.2, 0) is 12.8 Å². The topological polar surface area (TPSA) is 24.9 Å². The molecule has 0 spiro atoms. The van der Waals surface area contributed by atoms with Crippen LogP contribution < -0.4 is 19.3 Å². The number of hydrogen-bond acceptors (Lipinski definition) is 4. The predicted octanol–water partition coefficient (Wildman–Crippen LogP) is 20.5. The van der Waals surface area contributed by atoms with Gasteiger partial charge in [0.1, 0.15) is 11.5 Å². The molecule has 0 saturated heterocycles. The molecule has 4 nitrogen and oxygen atoms in total. The number of anilines is 6. The molecule has 0 heterocycles. The van der Waals surface area contributed by atoms with Crippen molar-refractivity contribution in [1.29, 1.82) is 0 Å². The number of aryl methyl sites for hydroxylation is 4. The van der Waals surface area contributed by atoms with Crippen molar-refractivity contribution in [3.63, 3.8) is 0 Å². The Hall–Kier alpha value is -9.12. The first kappa shape index (κ1) is 52.3. The summed E-state index contributed by atoms with van der Waals surface area (Å²) in [5.74, 6) is 1.71. The average molecular weight is 1020 g/mol. The highest BCUT2D eigenvalue weighted by Crippen LogP contribution is 2.41. The third-order valence-corrected chi connectivity index (χ3v) is 14.6. The third kappa shape index (κ3) is 12.4. The number of methoxy groups -OCH3 is 2. The molecule has 0 saturated carbocycles. The van der Waals surface area contributed by atoms with Crippen LogP contribution in [-0.4, -0.2) is 14.2 Å². The fourth-order valence-corrected chi connectivity index (χ4v) is 10.3. The van der Waals surface area contributed by atoms with E-state index in [-0.39, 0.29) is 0 Å². The van der Waals surface area contributed by atoms with Crippen molar-refractivity contribution in [3.05, 3.63) is 275 Å². The predicted molar refractivity (Wildman–Crippen MR) is 333 cm³/mol. The fraction of sp³-hybridized carbons (Fsp3) is 0.135. The van der Waals surface area contributed by atoms with Crippen LogP contribution in [0.15, 0.2) is 231 Å². The summed E-state index contributed by atoms with van der Waals surface area (Å²) in [6.07, 6.45) is 13.0. The molecule has 78 heavy (non-hydrogen) atoms. The minimum absolute atomic E-state index is 0.857. The van der Waals surface area contributed by atoms with Gasteiger partial charge in [-0.15, -0.1) is 0 Å². The van der Waals surface area contributed by atoms with Gasteiger partial charge in [0.25, 0.3) is 0 Å². The lowest BCUT2D eigenvalue weighted by molar-refractivity contribution is 0.414. The Balaban J connectivity index is 0.846. The summed E-state index contributed by atoms with van der Waals surface area (Å²) in [5, 5.41) is 0. The highest BCUT2D eigenvalue weighted by atomic mass is 16.5. The minimum atomic E-state index is 0.857. The van der Waals surface area contributed by atoms with Crippen LogP contribution in [0.4, 0.5) is 34.1 Å². The molecule has 0 aliphatic carbocycles. The van der Waals surface area contributed by atoms with E-state index in [1.54, 1.807) is 14.2 Å². The molecule has 0 amide bonds. The van der Waals surface area contributed by atoms with E-state index >= 15 is 0 Å². The Kier molecular flexibility index (Phi) is 16.6. The summed E-state index contributed by atoms with van der Waals surface area (Å²) in [6, 6.07) is 83.6. The van der Waals surface area contributed by atoms with Crippen LogP contribution in [0.25, 0.3) is 57.7 Å². The van der Waals surface area contributed by atoms with Gasteiger partial charge in [0.15, 0.2) is 0 Å². The first-order valence-electron chi connectivity index (χ1n) is 27.3. The van der Waals surface area contributed by atoms with E-state index in [0.29, 0.717) is 0 Å². The molecule has 10 rings (SSSR count). The smallest absolute Gasteiger partial charge is 0.118 e. The molecule has 10 aromatic carbocycles. The standard InChI is InChI=1S/C74H68N2O2/c1-7-9-59-23-49-73(53(3)51-59)75(67-37-15-55(16-38-67)11-13-57-19-45-71(77-5)46-20-57)69-41-33-65(34-42-69)63-29-25-61(26-30-63)62-27-31-64(32-28-62)66-35-43-70(44-36-66)76(74-50-24-60(10-8-2)52-54(74)4)68-39-17-56(18-40-68)12-14-58-21-47-72(78-6)48-22-58/h11-52H,7-10H2,1-6H3/b13-11+,14-12+. The molecule has 0 fully saturated rings. The van der Waals surface area contributed by atoms with Gasteiger partial charge in [-0.05, 0) is 190 Å².